The lowest BCUT2D eigenvalue weighted by Gasteiger charge is -2.34. The van der Waals surface area contributed by atoms with Crippen molar-refractivity contribution in [3.63, 3.8) is 0 Å². The van der Waals surface area contributed by atoms with Crippen LogP contribution >= 0.6 is 36.6 Å². The van der Waals surface area contributed by atoms with Crippen LogP contribution in [0.15, 0.2) is 52.4 Å². The standard InChI is InChI=1S/C29H35F2N5OS.2ClH/c1-19-29(34-28-36(19)25-7-2-3-8-26(25)38-28,22-10-9-20(18-23(22)31)24-6-4-13-32-24)27(37)33-14-5-15-35-16-11-21(30)12-17-35;;/h2-3,7-10,18-19,21,24,32H,4-6,11-17H2,1H3,(H,33,37);2*1H/t19?,24?,29-;;/m1../s1. The molecule has 0 saturated carbocycles. The van der Waals surface area contributed by atoms with Gasteiger partial charge < -0.3 is 20.4 Å². The lowest BCUT2D eigenvalue weighted by atomic mass is 9.82. The van der Waals surface area contributed by atoms with Crippen molar-refractivity contribution in [2.24, 2.45) is 4.99 Å². The predicted octanol–water partition coefficient (Wildman–Crippen LogP) is 5.60. The second kappa shape index (κ2) is 12.9. The van der Waals surface area contributed by atoms with Crippen molar-refractivity contribution in [3.05, 3.63) is 59.4 Å². The Kier molecular flexibility index (Phi) is 10.0. The zero-order valence-electron chi connectivity index (χ0n) is 22.6. The molecule has 218 valence electrons. The second-order valence-corrected chi connectivity index (χ2v) is 11.8. The van der Waals surface area contributed by atoms with E-state index in [0.29, 0.717) is 24.9 Å². The Balaban J connectivity index is 0.00000185. The number of rotatable bonds is 7. The summed E-state index contributed by atoms with van der Waals surface area (Å²) in [6, 6.07) is 13.1. The van der Waals surface area contributed by atoms with Gasteiger partial charge in [0.2, 0.25) is 0 Å². The maximum Gasteiger partial charge on any atom is 0.254 e. The van der Waals surface area contributed by atoms with Crippen molar-refractivity contribution in [3.8, 4) is 0 Å². The third-order valence-electron chi connectivity index (χ3n) is 8.46. The number of amidine groups is 1. The summed E-state index contributed by atoms with van der Waals surface area (Å²) in [6.45, 7) is 5.67. The van der Waals surface area contributed by atoms with Crippen LogP contribution in [0, 0.1) is 5.82 Å². The van der Waals surface area contributed by atoms with E-state index in [1.54, 1.807) is 12.1 Å². The van der Waals surface area contributed by atoms with E-state index in [4.69, 9.17) is 4.99 Å². The molecule has 3 atom stereocenters. The van der Waals surface area contributed by atoms with Crippen molar-refractivity contribution in [2.75, 3.05) is 37.6 Å². The van der Waals surface area contributed by atoms with Gasteiger partial charge in [-0.05, 0) is 87.6 Å². The Labute approximate surface area is 251 Å². The molecule has 0 spiro atoms. The number of benzene rings is 2. The summed E-state index contributed by atoms with van der Waals surface area (Å²) in [6.07, 6.45) is 3.25. The number of fused-ring (bicyclic) bond motifs is 3. The molecular weight excluding hydrogens is 575 g/mol. The first-order valence-electron chi connectivity index (χ1n) is 13.8. The molecule has 2 fully saturated rings. The summed E-state index contributed by atoms with van der Waals surface area (Å²) in [5.41, 5.74) is 0.833. The molecule has 4 heterocycles. The minimum Gasteiger partial charge on any atom is -0.354 e. The summed E-state index contributed by atoms with van der Waals surface area (Å²) in [4.78, 5) is 24.4. The van der Waals surface area contributed by atoms with Gasteiger partial charge in [-0.25, -0.2) is 13.8 Å². The largest absolute Gasteiger partial charge is 0.354 e. The molecule has 2 saturated heterocycles. The molecule has 11 heteroatoms. The summed E-state index contributed by atoms with van der Waals surface area (Å²) in [5.74, 6) is -0.672. The van der Waals surface area contributed by atoms with Crippen LogP contribution in [-0.4, -0.2) is 60.9 Å². The van der Waals surface area contributed by atoms with Crippen molar-refractivity contribution >= 4 is 53.3 Å². The number of piperidine rings is 1. The molecule has 6 rings (SSSR count). The minimum absolute atomic E-state index is 0. The van der Waals surface area contributed by atoms with Crippen LogP contribution in [0.25, 0.3) is 0 Å². The summed E-state index contributed by atoms with van der Waals surface area (Å²) in [7, 11) is 0. The molecule has 6 nitrogen and oxygen atoms in total. The molecule has 2 aromatic carbocycles. The number of amides is 1. The third-order valence-corrected chi connectivity index (χ3v) is 9.50. The monoisotopic (exact) mass is 611 g/mol. The van der Waals surface area contributed by atoms with Gasteiger partial charge in [0.25, 0.3) is 5.91 Å². The maximum absolute atomic E-state index is 15.9. The van der Waals surface area contributed by atoms with Gasteiger partial charge in [-0.1, -0.05) is 24.3 Å². The number of thioether (sulfide) groups is 1. The number of nitrogens with one attached hydrogen (secondary N) is 2. The fraction of sp³-hybridized carbons (Fsp3) is 0.517. The Morgan fingerprint density at radius 2 is 1.95 bits per heavy atom. The number of carbonyl (C=O) groups is 1. The van der Waals surface area contributed by atoms with Gasteiger partial charge >= 0.3 is 0 Å². The number of anilines is 1. The van der Waals surface area contributed by atoms with Crippen LogP contribution in [0.3, 0.4) is 0 Å². The number of hydrogen-bond donors (Lipinski definition) is 2. The number of halogens is 4. The lowest BCUT2D eigenvalue weighted by Crippen LogP contribution is -2.53. The fourth-order valence-corrected chi connectivity index (χ4v) is 7.47. The van der Waals surface area contributed by atoms with Crippen molar-refractivity contribution in [1.82, 2.24) is 15.5 Å². The van der Waals surface area contributed by atoms with E-state index in [-0.39, 0.29) is 36.8 Å². The van der Waals surface area contributed by atoms with Gasteiger partial charge in [-0.15, -0.1) is 24.8 Å². The van der Waals surface area contributed by atoms with Crippen molar-refractivity contribution in [2.45, 2.75) is 67.7 Å². The van der Waals surface area contributed by atoms with Gasteiger partial charge in [-0.2, -0.15) is 0 Å². The zero-order chi connectivity index (χ0) is 26.3. The summed E-state index contributed by atoms with van der Waals surface area (Å²) in [5, 5.41) is 7.24. The Morgan fingerprint density at radius 3 is 2.67 bits per heavy atom. The molecule has 0 radical (unpaired) electrons. The quantitative estimate of drug-likeness (QED) is 0.399. The number of para-hydroxylation sites is 1. The number of carbonyl (C=O) groups excluding carboxylic acids is 1. The molecular formula is C29H37Cl2F2N5OS. The highest BCUT2D eigenvalue weighted by Gasteiger charge is 2.56. The number of nitrogens with zero attached hydrogens (tertiary/aromatic N) is 3. The topological polar surface area (TPSA) is 60.0 Å². The average molecular weight is 613 g/mol. The van der Waals surface area contributed by atoms with Crippen LogP contribution in [0.5, 0.6) is 0 Å². The number of alkyl halides is 1. The molecule has 0 aliphatic carbocycles. The van der Waals surface area contributed by atoms with Gasteiger partial charge in [0.05, 0.1) is 11.7 Å². The van der Waals surface area contributed by atoms with Crippen LogP contribution in [0.1, 0.15) is 56.2 Å². The molecule has 2 N–H and O–H groups in total. The van der Waals surface area contributed by atoms with Gasteiger partial charge in [0.15, 0.2) is 10.7 Å². The SMILES string of the molecule is CC1N2C(=N[C@@]1(C(=O)NCCCN1CCC(F)CC1)c1ccc(C3CCCN3)cc1F)Sc1ccccc12.Cl.Cl. The first-order chi connectivity index (χ1) is 18.5. The number of likely N-dealkylation sites (tertiary alicyclic amines) is 1. The zero-order valence-corrected chi connectivity index (χ0v) is 25.0. The summed E-state index contributed by atoms with van der Waals surface area (Å²) < 4.78 is 29.4. The Morgan fingerprint density at radius 1 is 1.18 bits per heavy atom. The maximum atomic E-state index is 15.9. The number of hydrogen-bond acceptors (Lipinski definition) is 6. The van der Waals surface area contributed by atoms with Crippen LogP contribution < -0.4 is 15.5 Å². The summed E-state index contributed by atoms with van der Waals surface area (Å²) >= 11 is 1.53. The molecule has 0 bridgehead atoms. The van der Waals surface area contributed by atoms with E-state index in [2.05, 4.69) is 20.4 Å². The first kappa shape index (κ1) is 31.0. The molecule has 1 amide bonds. The van der Waals surface area contributed by atoms with E-state index < -0.39 is 23.6 Å². The van der Waals surface area contributed by atoms with Gasteiger partial charge in [0, 0.05) is 36.1 Å². The second-order valence-electron chi connectivity index (χ2n) is 10.8. The Hall–Kier alpha value is -1.91. The highest BCUT2D eigenvalue weighted by Crippen LogP contribution is 2.51. The van der Waals surface area contributed by atoms with E-state index in [1.165, 1.54) is 11.8 Å². The first-order valence-corrected chi connectivity index (χ1v) is 14.6. The number of aliphatic imine (C=N–C) groups is 1. The molecule has 0 aromatic heterocycles. The predicted molar refractivity (Wildman–Crippen MR) is 162 cm³/mol. The van der Waals surface area contributed by atoms with Crippen LogP contribution in [-0.2, 0) is 10.3 Å². The van der Waals surface area contributed by atoms with Crippen molar-refractivity contribution < 1.29 is 13.6 Å². The molecule has 4 aliphatic rings. The highest BCUT2D eigenvalue weighted by molar-refractivity contribution is 8.14. The van der Waals surface area contributed by atoms with Gasteiger partial charge in [-0.3, -0.25) is 4.79 Å². The Bertz CT molecular complexity index is 1240. The molecule has 40 heavy (non-hydrogen) atoms. The highest BCUT2D eigenvalue weighted by atomic mass is 35.5. The van der Waals surface area contributed by atoms with Gasteiger partial charge in [0.1, 0.15) is 12.0 Å². The molecule has 2 unspecified atom stereocenters. The normalized spacial score (nSPS) is 26.0. The van der Waals surface area contributed by atoms with E-state index in [9.17, 15) is 9.18 Å². The van der Waals surface area contributed by atoms with E-state index in [1.807, 2.05) is 37.3 Å². The minimum atomic E-state index is -1.39. The molecule has 2 aromatic rings. The molecule has 4 aliphatic heterocycles. The van der Waals surface area contributed by atoms with E-state index >= 15 is 4.39 Å². The average Bonchev–Trinajstić information content (AvgIpc) is 3.64. The van der Waals surface area contributed by atoms with E-state index in [0.717, 1.165) is 66.8 Å². The smallest absolute Gasteiger partial charge is 0.254 e. The van der Waals surface area contributed by atoms with Crippen LogP contribution in [0.2, 0.25) is 0 Å². The fourth-order valence-electron chi connectivity index (χ4n) is 6.31. The third kappa shape index (κ3) is 5.60. The van der Waals surface area contributed by atoms with Crippen molar-refractivity contribution in [1.29, 1.82) is 0 Å². The van der Waals surface area contributed by atoms with Crippen LogP contribution in [0.4, 0.5) is 14.5 Å². The lowest BCUT2D eigenvalue weighted by molar-refractivity contribution is -0.127.